The summed E-state index contributed by atoms with van der Waals surface area (Å²) in [6, 6.07) is 5.74. The lowest BCUT2D eigenvalue weighted by molar-refractivity contribution is 0.212. The zero-order chi connectivity index (χ0) is 17.5. The molecule has 130 valence electrons. The highest BCUT2D eigenvalue weighted by Gasteiger charge is 2.16. The van der Waals surface area contributed by atoms with Gasteiger partial charge in [-0.25, -0.2) is 14.5 Å². The van der Waals surface area contributed by atoms with E-state index in [9.17, 15) is 4.79 Å². The van der Waals surface area contributed by atoms with Crippen molar-refractivity contribution in [1.82, 2.24) is 30.3 Å². The minimum absolute atomic E-state index is 0.183. The molecule has 0 aliphatic heterocycles. The molecule has 0 saturated heterocycles. The predicted octanol–water partition coefficient (Wildman–Crippen LogP) is 1.65. The Morgan fingerprint density at radius 2 is 2.04 bits per heavy atom. The molecule has 7 heteroatoms. The standard InChI is InChI=1S/C17H26N6O/c1-13(2)15(22(3)4)12-20-17(24)19-11-14-7-5-8-18-16(14)23-10-6-9-21-23/h5-10,13,15H,11-12H2,1-4H3,(H2,19,20,24)/t15-/m0/s1. The number of urea groups is 1. The van der Waals surface area contributed by atoms with E-state index in [1.54, 1.807) is 17.1 Å². The van der Waals surface area contributed by atoms with Crippen molar-refractivity contribution in [3.8, 4) is 5.82 Å². The molecule has 24 heavy (non-hydrogen) atoms. The Labute approximate surface area is 143 Å². The summed E-state index contributed by atoms with van der Waals surface area (Å²) in [5, 5.41) is 10.0. The van der Waals surface area contributed by atoms with Crippen molar-refractivity contribution in [3.05, 3.63) is 42.4 Å². The number of likely N-dealkylation sites (N-methyl/N-ethyl adjacent to an activating group) is 1. The van der Waals surface area contributed by atoms with E-state index in [0.29, 0.717) is 25.0 Å². The van der Waals surface area contributed by atoms with Gasteiger partial charge in [-0.15, -0.1) is 0 Å². The highest BCUT2D eigenvalue weighted by atomic mass is 16.2. The monoisotopic (exact) mass is 330 g/mol. The number of rotatable bonds is 7. The molecule has 2 rings (SSSR count). The van der Waals surface area contributed by atoms with Crippen molar-refractivity contribution in [2.24, 2.45) is 5.92 Å². The van der Waals surface area contributed by atoms with Crippen molar-refractivity contribution < 1.29 is 4.79 Å². The van der Waals surface area contributed by atoms with Crippen molar-refractivity contribution in [2.75, 3.05) is 20.6 Å². The van der Waals surface area contributed by atoms with Crippen LogP contribution in [-0.4, -0.2) is 52.4 Å². The van der Waals surface area contributed by atoms with Crippen LogP contribution in [0.1, 0.15) is 19.4 Å². The number of carbonyl (C=O) groups is 1. The molecule has 2 aromatic rings. The topological polar surface area (TPSA) is 75.1 Å². The first kappa shape index (κ1) is 17.9. The van der Waals surface area contributed by atoms with Crippen molar-refractivity contribution in [1.29, 1.82) is 0 Å². The number of carbonyl (C=O) groups excluding carboxylic acids is 1. The van der Waals surface area contributed by atoms with Gasteiger partial charge in [0.05, 0.1) is 0 Å². The van der Waals surface area contributed by atoms with Gasteiger partial charge in [-0.05, 0) is 32.1 Å². The number of aromatic nitrogens is 3. The molecule has 0 unspecified atom stereocenters. The van der Waals surface area contributed by atoms with E-state index in [4.69, 9.17) is 0 Å². The van der Waals surface area contributed by atoms with Crippen LogP contribution in [0, 0.1) is 5.92 Å². The van der Waals surface area contributed by atoms with Gasteiger partial charge in [0, 0.05) is 43.3 Å². The molecule has 1 atom stereocenters. The largest absolute Gasteiger partial charge is 0.337 e. The molecule has 0 fully saturated rings. The molecule has 0 aromatic carbocycles. The molecule has 2 N–H and O–H groups in total. The lowest BCUT2D eigenvalue weighted by Crippen LogP contribution is -2.46. The van der Waals surface area contributed by atoms with Crippen molar-refractivity contribution >= 4 is 6.03 Å². The molecule has 2 amide bonds. The Morgan fingerprint density at radius 3 is 2.67 bits per heavy atom. The van der Waals surface area contributed by atoms with E-state index >= 15 is 0 Å². The summed E-state index contributed by atoms with van der Waals surface area (Å²) in [7, 11) is 4.05. The van der Waals surface area contributed by atoms with Crippen LogP contribution in [0.15, 0.2) is 36.8 Å². The van der Waals surface area contributed by atoms with E-state index in [1.807, 2.05) is 38.5 Å². The van der Waals surface area contributed by atoms with Gasteiger partial charge in [-0.2, -0.15) is 5.10 Å². The summed E-state index contributed by atoms with van der Waals surface area (Å²) in [5.41, 5.74) is 0.907. The van der Waals surface area contributed by atoms with Gasteiger partial charge < -0.3 is 15.5 Å². The molecular weight excluding hydrogens is 304 g/mol. The lowest BCUT2D eigenvalue weighted by atomic mass is 10.0. The van der Waals surface area contributed by atoms with Crippen LogP contribution in [0.2, 0.25) is 0 Å². The van der Waals surface area contributed by atoms with Crippen molar-refractivity contribution in [3.63, 3.8) is 0 Å². The van der Waals surface area contributed by atoms with E-state index < -0.39 is 0 Å². The smallest absolute Gasteiger partial charge is 0.315 e. The van der Waals surface area contributed by atoms with Gasteiger partial charge in [0.2, 0.25) is 0 Å². The maximum absolute atomic E-state index is 12.1. The Morgan fingerprint density at radius 1 is 1.25 bits per heavy atom. The van der Waals surface area contributed by atoms with E-state index in [1.165, 1.54) is 0 Å². The van der Waals surface area contributed by atoms with Crippen molar-refractivity contribution in [2.45, 2.75) is 26.4 Å². The number of nitrogens with zero attached hydrogens (tertiary/aromatic N) is 4. The Bertz CT molecular complexity index is 630. The van der Waals surface area contributed by atoms with E-state index in [0.717, 1.165) is 11.4 Å². The first-order valence-corrected chi connectivity index (χ1v) is 8.11. The van der Waals surface area contributed by atoms with Crippen LogP contribution in [0.4, 0.5) is 4.79 Å². The first-order chi connectivity index (χ1) is 11.5. The molecular formula is C17H26N6O. The second-order valence-electron chi connectivity index (χ2n) is 6.28. The highest BCUT2D eigenvalue weighted by Crippen LogP contribution is 2.10. The quantitative estimate of drug-likeness (QED) is 0.809. The summed E-state index contributed by atoms with van der Waals surface area (Å²) in [6.07, 6.45) is 5.24. The minimum atomic E-state index is -0.183. The second kappa shape index (κ2) is 8.44. The third-order valence-electron chi connectivity index (χ3n) is 3.93. The second-order valence-corrected chi connectivity index (χ2v) is 6.28. The van der Waals surface area contributed by atoms with Gasteiger partial charge in [-0.3, -0.25) is 0 Å². The average molecular weight is 330 g/mol. The van der Waals surface area contributed by atoms with Crippen LogP contribution in [0.3, 0.4) is 0 Å². The fourth-order valence-electron chi connectivity index (χ4n) is 2.62. The molecule has 0 radical (unpaired) electrons. The van der Waals surface area contributed by atoms with Gasteiger partial charge in [0.1, 0.15) is 0 Å². The number of hydrogen-bond acceptors (Lipinski definition) is 4. The minimum Gasteiger partial charge on any atom is -0.337 e. The van der Waals surface area contributed by atoms with E-state index in [-0.39, 0.29) is 6.03 Å². The zero-order valence-electron chi connectivity index (χ0n) is 14.7. The fraction of sp³-hybridized carbons (Fsp3) is 0.471. The molecule has 7 nitrogen and oxygen atoms in total. The van der Waals surface area contributed by atoms with Gasteiger partial charge in [0.15, 0.2) is 5.82 Å². The normalized spacial score (nSPS) is 12.4. The Hall–Kier alpha value is -2.41. The third kappa shape index (κ3) is 4.79. The zero-order valence-corrected chi connectivity index (χ0v) is 14.7. The maximum atomic E-state index is 12.1. The van der Waals surface area contributed by atoms with Crippen LogP contribution < -0.4 is 10.6 Å². The Balaban J connectivity index is 1.91. The average Bonchev–Trinajstić information content (AvgIpc) is 3.07. The fourth-order valence-corrected chi connectivity index (χ4v) is 2.62. The molecule has 2 heterocycles. The van der Waals surface area contributed by atoms with Crippen LogP contribution in [0.5, 0.6) is 0 Å². The van der Waals surface area contributed by atoms with Crippen LogP contribution >= 0.6 is 0 Å². The molecule has 0 saturated carbocycles. The summed E-state index contributed by atoms with van der Waals surface area (Å²) in [5.74, 6) is 1.18. The molecule has 0 aliphatic rings. The number of hydrogen-bond donors (Lipinski definition) is 2. The number of nitrogens with one attached hydrogen (secondary N) is 2. The molecule has 0 spiro atoms. The first-order valence-electron chi connectivity index (χ1n) is 8.11. The van der Waals surface area contributed by atoms with Gasteiger partial charge in [-0.1, -0.05) is 19.9 Å². The summed E-state index contributed by atoms with van der Waals surface area (Å²) >= 11 is 0. The maximum Gasteiger partial charge on any atom is 0.315 e. The summed E-state index contributed by atoms with van der Waals surface area (Å²) < 4.78 is 1.69. The Kier molecular flexibility index (Phi) is 6.31. The SMILES string of the molecule is CC(C)[C@H](CNC(=O)NCc1cccnc1-n1cccn1)N(C)C. The lowest BCUT2D eigenvalue weighted by Gasteiger charge is -2.28. The van der Waals surface area contributed by atoms with Crippen LogP contribution in [0.25, 0.3) is 5.82 Å². The predicted molar refractivity (Wildman–Crippen MR) is 93.9 cm³/mol. The van der Waals surface area contributed by atoms with E-state index in [2.05, 4.69) is 39.5 Å². The third-order valence-corrected chi connectivity index (χ3v) is 3.93. The summed E-state index contributed by atoms with van der Waals surface area (Å²) in [6.45, 7) is 5.30. The number of amides is 2. The molecule has 0 bridgehead atoms. The van der Waals surface area contributed by atoms with Crippen LogP contribution in [-0.2, 0) is 6.54 Å². The van der Waals surface area contributed by atoms with Gasteiger partial charge >= 0.3 is 6.03 Å². The number of pyridine rings is 1. The van der Waals surface area contributed by atoms with Gasteiger partial charge in [0.25, 0.3) is 0 Å². The molecule has 0 aliphatic carbocycles. The molecule has 2 aromatic heterocycles. The summed E-state index contributed by atoms with van der Waals surface area (Å²) in [4.78, 5) is 18.5. The highest BCUT2D eigenvalue weighted by molar-refractivity contribution is 5.73.